The Morgan fingerprint density at radius 1 is 1.29 bits per heavy atom. The lowest BCUT2D eigenvalue weighted by Gasteiger charge is -2.33. The first-order valence-corrected chi connectivity index (χ1v) is 7.77. The fourth-order valence-electron chi connectivity index (χ4n) is 2.14. The van der Waals surface area contributed by atoms with Crippen LogP contribution in [0, 0.1) is 0 Å². The van der Waals surface area contributed by atoms with E-state index >= 15 is 0 Å². The van der Waals surface area contributed by atoms with E-state index in [1.165, 1.54) is 24.1 Å². The van der Waals surface area contributed by atoms with Crippen molar-refractivity contribution >= 4 is 16.1 Å². The molecule has 0 spiro atoms. The van der Waals surface area contributed by atoms with E-state index in [0.717, 1.165) is 4.31 Å². The summed E-state index contributed by atoms with van der Waals surface area (Å²) in [5, 5.41) is 14.9. The van der Waals surface area contributed by atoms with Gasteiger partial charge in [0.1, 0.15) is 11.5 Å². The van der Waals surface area contributed by atoms with Crippen LogP contribution >= 0.6 is 0 Å². The molecule has 1 fully saturated rings. The second-order valence-electron chi connectivity index (χ2n) is 4.62. The van der Waals surface area contributed by atoms with Gasteiger partial charge in [-0.1, -0.05) is 0 Å². The zero-order valence-corrected chi connectivity index (χ0v) is 12.3. The fourth-order valence-corrected chi connectivity index (χ4v) is 2.81. The van der Waals surface area contributed by atoms with E-state index in [-0.39, 0.29) is 43.4 Å². The normalized spacial score (nSPS) is 16.8. The number of rotatable bonds is 3. The number of amides is 1. The lowest BCUT2D eigenvalue weighted by molar-refractivity contribution is 0.0695. The van der Waals surface area contributed by atoms with Crippen molar-refractivity contribution in [3.8, 4) is 11.5 Å². The molecule has 1 heterocycles. The van der Waals surface area contributed by atoms with Crippen molar-refractivity contribution in [3.05, 3.63) is 23.8 Å². The van der Waals surface area contributed by atoms with Crippen molar-refractivity contribution < 1.29 is 23.1 Å². The molecule has 0 atom stereocenters. The minimum absolute atomic E-state index is 0.140. The highest BCUT2D eigenvalue weighted by atomic mass is 32.2. The second kappa shape index (κ2) is 5.88. The van der Waals surface area contributed by atoms with E-state index in [0.29, 0.717) is 5.75 Å². The number of benzene rings is 1. The molecule has 0 aliphatic carbocycles. The predicted molar refractivity (Wildman–Crippen MR) is 75.2 cm³/mol. The van der Waals surface area contributed by atoms with Gasteiger partial charge in [-0.2, -0.15) is 12.7 Å². The summed E-state index contributed by atoms with van der Waals surface area (Å²) < 4.78 is 28.5. The maximum atomic E-state index is 12.3. The Bertz CT molecular complexity index is 638. The average Bonchev–Trinajstić information content (AvgIpc) is 2.45. The highest BCUT2D eigenvalue weighted by Crippen LogP contribution is 2.25. The summed E-state index contributed by atoms with van der Waals surface area (Å²) in [7, 11) is -2.27. The number of nitrogens with two attached hydrogens (primary N) is 1. The summed E-state index contributed by atoms with van der Waals surface area (Å²) in [5.41, 5.74) is 0.153. The largest absolute Gasteiger partial charge is 0.507 e. The Kier molecular flexibility index (Phi) is 4.35. The van der Waals surface area contributed by atoms with E-state index < -0.39 is 10.2 Å². The number of aromatic hydroxyl groups is 1. The number of phenols is 1. The zero-order chi connectivity index (χ0) is 15.6. The molecule has 0 bridgehead atoms. The smallest absolute Gasteiger partial charge is 0.277 e. The molecule has 1 aromatic rings. The number of piperazine rings is 1. The SMILES string of the molecule is COc1ccc(C(=O)N2CCN(S(N)(=O)=O)CC2)c(O)c1. The van der Waals surface area contributed by atoms with Gasteiger partial charge in [0.15, 0.2) is 0 Å². The summed E-state index contributed by atoms with van der Waals surface area (Å²) in [6.07, 6.45) is 0. The first kappa shape index (κ1) is 15.5. The molecule has 1 saturated heterocycles. The number of carbonyl (C=O) groups excluding carboxylic acids is 1. The molecule has 0 radical (unpaired) electrons. The number of phenolic OH excluding ortho intramolecular Hbond substituents is 1. The third-order valence-electron chi connectivity index (χ3n) is 3.32. The van der Waals surface area contributed by atoms with Gasteiger partial charge in [0, 0.05) is 32.2 Å². The van der Waals surface area contributed by atoms with E-state index in [4.69, 9.17) is 9.88 Å². The number of ether oxygens (including phenoxy) is 1. The first-order chi connectivity index (χ1) is 9.82. The third-order valence-corrected chi connectivity index (χ3v) is 4.41. The Morgan fingerprint density at radius 2 is 1.90 bits per heavy atom. The summed E-state index contributed by atoms with van der Waals surface area (Å²) in [6, 6.07) is 4.41. The minimum atomic E-state index is -3.73. The van der Waals surface area contributed by atoms with Crippen molar-refractivity contribution in [2.75, 3.05) is 33.3 Å². The Balaban J connectivity index is 2.09. The number of carbonyl (C=O) groups is 1. The molecule has 21 heavy (non-hydrogen) atoms. The molecule has 9 heteroatoms. The van der Waals surface area contributed by atoms with Crippen LogP contribution in [0.15, 0.2) is 18.2 Å². The van der Waals surface area contributed by atoms with Crippen LogP contribution in [0.2, 0.25) is 0 Å². The number of nitrogens with zero attached hydrogens (tertiary/aromatic N) is 2. The molecule has 0 saturated carbocycles. The standard InChI is InChI=1S/C12H17N3O5S/c1-20-9-2-3-10(11(16)8-9)12(17)14-4-6-15(7-5-14)21(13,18)19/h2-3,8,16H,4-7H2,1H3,(H2,13,18,19). The van der Waals surface area contributed by atoms with Gasteiger partial charge in [-0.3, -0.25) is 4.79 Å². The molecule has 2 rings (SSSR count). The predicted octanol–water partition coefficient (Wildman–Crippen LogP) is -0.638. The maximum absolute atomic E-state index is 12.3. The Hall–Kier alpha value is -1.84. The van der Waals surface area contributed by atoms with Crippen molar-refractivity contribution in [3.63, 3.8) is 0 Å². The molecule has 8 nitrogen and oxygen atoms in total. The van der Waals surface area contributed by atoms with E-state index in [1.54, 1.807) is 6.07 Å². The van der Waals surface area contributed by atoms with Gasteiger partial charge in [-0.05, 0) is 12.1 Å². The summed E-state index contributed by atoms with van der Waals surface area (Å²) in [4.78, 5) is 13.8. The van der Waals surface area contributed by atoms with E-state index in [2.05, 4.69) is 0 Å². The van der Waals surface area contributed by atoms with Crippen LogP contribution in [0.3, 0.4) is 0 Å². The van der Waals surface area contributed by atoms with Gasteiger partial charge >= 0.3 is 0 Å². The lowest BCUT2D eigenvalue weighted by Crippen LogP contribution is -2.52. The molecule has 3 N–H and O–H groups in total. The zero-order valence-electron chi connectivity index (χ0n) is 11.5. The molecular weight excluding hydrogens is 298 g/mol. The minimum Gasteiger partial charge on any atom is -0.507 e. The van der Waals surface area contributed by atoms with Gasteiger partial charge in [0.2, 0.25) is 0 Å². The van der Waals surface area contributed by atoms with E-state index in [1.807, 2.05) is 0 Å². The van der Waals surface area contributed by atoms with Crippen LogP contribution < -0.4 is 9.88 Å². The van der Waals surface area contributed by atoms with Crippen molar-refractivity contribution in [1.82, 2.24) is 9.21 Å². The van der Waals surface area contributed by atoms with Gasteiger partial charge in [0.25, 0.3) is 16.1 Å². The van der Waals surface area contributed by atoms with Crippen molar-refractivity contribution in [1.29, 1.82) is 0 Å². The van der Waals surface area contributed by atoms with Crippen LogP contribution in [-0.2, 0) is 10.2 Å². The number of methoxy groups -OCH3 is 1. The van der Waals surface area contributed by atoms with Crippen LogP contribution in [0.25, 0.3) is 0 Å². The van der Waals surface area contributed by atoms with Crippen molar-refractivity contribution in [2.24, 2.45) is 5.14 Å². The summed E-state index contributed by atoms with van der Waals surface area (Å²) in [6.45, 7) is 0.727. The highest BCUT2D eigenvalue weighted by molar-refractivity contribution is 7.86. The highest BCUT2D eigenvalue weighted by Gasteiger charge is 2.28. The van der Waals surface area contributed by atoms with Crippen LogP contribution in [0.1, 0.15) is 10.4 Å². The van der Waals surface area contributed by atoms with Crippen molar-refractivity contribution in [2.45, 2.75) is 0 Å². The molecule has 1 aliphatic rings. The maximum Gasteiger partial charge on any atom is 0.277 e. The summed E-state index contributed by atoms with van der Waals surface area (Å²) >= 11 is 0. The molecule has 1 aromatic carbocycles. The van der Waals surface area contributed by atoms with Crippen LogP contribution in [0.5, 0.6) is 11.5 Å². The van der Waals surface area contributed by atoms with E-state index in [9.17, 15) is 18.3 Å². The quantitative estimate of drug-likeness (QED) is 0.770. The lowest BCUT2D eigenvalue weighted by atomic mass is 10.1. The monoisotopic (exact) mass is 315 g/mol. The van der Waals surface area contributed by atoms with Crippen LogP contribution in [-0.4, -0.2) is 61.9 Å². The Morgan fingerprint density at radius 3 is 2.38 bits per heavy atom. The second-order valence-corrected chi connectivity index (χ2v) is 6.17. The first-order valence-electron chi connectivity index (χ1n) is 6.27. The molecule has 0 aromatic heterocycles. The molecule has 0 unspecified atom stereocenters. The summed E-state index contributed by atoms with van der Waals surface area (Å²) in [5.74, 6) is -0.0828. The van der Waals surface area contributed by atoms with Gasteiger partial charge in [-0.15, -0.1) is 0 Å². The van der Waals surface area contributed by atoms with Gasteiger partial charge in [0.05, 0.1) is 12.7 Å². The third kappa shape index (κ3) is 3.43. The molecule has 116 valence electrons. The number of hydrogen-bond donors (Lipinski definition) is 2. The Labute approximate surface area is 122 Å². The topological polar surface area (TPSA) is 113 Å². The van der Waals surface area contributed by atoms with Gasteiger partial charge in [-0.25, -0.2) is 5.14 Å². The van der Waals surface area contributed by atoms with Crippen LogP contribution in [0.4, 0.5) is 0 Å². The molecular formula is C12H17N3O5S. The average molecular weight is 315 g/mol. The fraction of sp³-hybridized carbons (Fsp3) is 0.417. The number of hydrogen-bond acceptors (Lipinski definition) is 5. The van der Waals surface area contributed by atoms with Gasteiger partial charge < -0.3 is 14.7 Å². The molecule has 1 aliphatic heterocycles. The molecule has 1 amide bonds.